The SMILES string of the molecule is CN(C)CCn1nc2n(c1=O)CCC(NC(=O)c1cnc(-c3ccccc3)n1C)CC2. The Kier molecular flexibility index (Phi) is 6.03. The van der Waals surface area contributed by atoms with Gasteiger partial charge < -0.3 is 14.8 Å². The molecule has 2 aromatic heterocycles. The number of carbonyl (C=O) groups excluding carboxylic acids is 1. The number of likely N-dealkylation sites (N-methyl/N-ethyl adjacent to an activating group) is 1. The van der Waals surface area contributed by atoms with Gasteiger partial charge in [-0.15, -0.1) is 0 Å². The molecule has 31 heavy (non-hydrogen) atoms. The molecule has 1 aliphatic rings. The van der Waals surface area contributed by atoms with E-state index in [4.69, 9.17) is 0 Å². The zero-order valence-corrected chi connectivity index (χ0v) is 18.3. The summed E-state index contributed by atoms with van der Waals surface area (Å²) in [5, 5.41) is 7.64. The lowest BCUT2D eigenvalue weighted by molar-refractivity contribution is 0.0924. The Labute approximate surface area is 181 Å². The Morgan fingerprint density at radius 1 is 1.23 bits per heavy atom. The average Bonchev–Trinajstić information content (AvgIpc) is 3.21. The smallest absolute Gasteiger partial charge is 0.345 e. The highest BCUT2D eigenvalue weighted by Crippen LogP contribution is 2.19. The molecule has 0 spiro atoms. The molecule has 1 amide bonds. The summed E-state index contributed by atoms with van der Waals surface area (Å²) in [5.74, 6) is 1.41. The van der Waals surface area contributed by atoms with E-state index < -0.39 is 0 Å². The average molecular weight is 424 g/mol. The molecule has 9 heteroatoms. The van der Waals surface area contributed by atoms with Crippen molar-refractivity contribution in [2.24, 2.45) is 7.05 Å². The highest BCUT2D eigenvalue weighted by molar-refractivity contribution is 5.93. The van der Waals surface area contributed by atoms with Crippen LogP contribution in [0.3, 0.4) is 0 Å². The largest absolute Gasteiger partial charge is 0.348 e. The molecule has 1 atom stereocenters. The molecule has 1 aliphatic heterocycles. The van der Waals surface area contributed by atoms with Crippen molar-refractivity contribution in [2.75, 3.05) is 20.6 Å². The molecule has 9 nitrogen and oxygen atoms in total. The predicted molar refractivity (Wildman–Crippen MR) is 118 cm³/mol. The lowest BCUT2D eigenvalue weighted by atomic mass is 10.1. The summed E-state index contributed by atoms with van der Waals surface area (Å²) in [6.07, 6.45) is 3.72. The van der Waals surface area contributed by atoms with Crippen LogP contribution in [-0.4, -0.2) is 61.4 Å². The summed E-state index contributed by atoms with van der Waals surface area (Å²) in [4.78, 5) is 32.0. The second-order valence-corrected chi connectivity index (χ2v) is 8.27. The molecule has 0 aliphatic carbocycles. The first-order chi connectivity index (χ1) is 14.9. The third-order valence-electron chi connectivity index (χ3n) is 5.76. The minimum Gasteiger partial charge on any atom is -0.348 e. The van der Waals surface area contributed by atoms with Gasteiger partial charge in [0, 0.05) is 38.2 Å². The Morgan fingerprint density at radius 3 is 2.74 bits per heavy atom. The zero-order valence-electron chi connectivity index (χ0n) is 18.3. The second kappa shape index (κ2) is 8.89. The molecular formula is C22H29N7O2. The molecule has 0 bridgehead atoms. The third kappa shape index (κ3) is 4.46. The highest BCUT2D eigenvalue weighted by Gasteiger charge is 2.24. The van der Waals surface area contributed by atoms with Crippen molar-refractivity contribution in [3.8, 4) is 11.4 Å². The maximum absolute atomic E-state index is 12.9. The number of imidazole rings is 1. The Morgan fingerprint density at radius 2 is 2.00 bits per heavy atom. The van der Waals surface area contributed by atoms with Gasteiger partial charge in [-0.05, 0) is 26.9 Å². The van der Waals surface area contributed by atoms with Crippen LogP contribution in [0.25, 0.3) is 11.4 Å². The standard InChI is InChI=1S/C22H29N7O2/c1-26(2)13-14-29-22(31)28-12-11-17(9-10-19(28)25-29)24-21(30)18-15-23-20(27(18)3)16-7-5-4-6-8-16/h4-8,15,17H,9-14H2,1-3H3,(H,24,30). The molecule has 0 saturated heterocycles. The molecule has 1 unspecified atom stereocenters. The van der Waals surface area contributed by atoms with Gasteiger partial charge in [0.05, 0.1) is 12.7 Å². The van der Waals surface area contributed by atoms with E-state index in [0.717, 1.165) is 30.2 Å². The van der Waals surface area contributed by atoms with Gasteiger partial charge in [0.25, 0.3) is 5.91 Å². The number of rotatable bonds is 6. The molecule has 0 radical (unpaired) electrons. The minimum atomic E-state index is -0.148. The third-order valence-corrected chi connectivity index (χ3v) is 5.76. The normalized spacial score (nSPS) is 16.2. The first-order valence-corrected chi connectivity index (χ1v) is 10.6. The summed E-state index contributed by atoms with van der Waals surface area (Å²) in [6.45, 7) is 1.91. The number of aryl methyl sites for hydroxylation is 1. The molecule has 0 saturated carbocycles. The van der Waals surface area contributed by atoms with Crippen LogP contribution < -0.4 is 11.0 Å². The molecule has 0 fully saturated rings. The van der Waals surface area contributed by atoms with Crippen LogP contribution in [-0.2, 0) is 26.6 Å². The summed E-state index contributed by atoms with van der Waals surface area (Å²) in [7, 11) is 5.80. The van der Waals surface area contributed by atoms with Gasteiger partial charge in [-0.2, -0.15) is 5.10 Å². The van der Waals surface area contributed by atoms with E-state index in [0.29, 0.717) is 31.6 Å². The molecule has 1 N–H and O–H groups in total. The van der Waals surface area contributed by atoms with Crippen molar-refractivity contribution in [2.45, 2.75) is 38.4 Å². The number of nitrogens with zero attached hydrogens (tertiary/aromatic N) is 6. The van der Waals surface area contributed by atoms with Gasteiger partial charge in [-0.3, -0.25) is 9.36 Å². The number of carbonyl (C=O) groups is 1. The number of nitrogens with one attached hydrogen (secondary N) is 1. The van der Waals surface area contributed by atoms with Crippen LogP contribution in [0.1, 0.15) is 29.2 Å². The van der Waals surface area contributed by atoms with E-state index in [2.05, 4.69) is 15.4 Å². The van der Waals surface area contributed by atoms with Gasteiger partial charge in [-0.1, -0.05) is 30.3 Å². The number of amides is 1. The summed E-state index contributed by atoms with van der Waals surface area (Å²) < 4.78 is 5.12. The van der Waals surface area contributed by atoms with E-state index in [-0.39, 0.29) is 17.6 Å². The van der Waals surface area contributed by atoms with Crippen LogP contribution in [0.2, 0.25) is 0 Å². The van der Waals surface area contributed by atoms with Gasteiger partial charge in [0.1, 0.15) is 17.3 Å². The fraction of sp³-hybridized carbons (Fsp3) is 0.455. The number of benzene rings is 1. The van der Waals surface area contributed by atoms with Gasteiger partial charge in [-0.25, -0.2) is 14.5 Å². The summed E-state index contributed by atoms with van der Waals surface area (Å²) in [5.41, 5.74) is 1.42. The zero-order chi connectivity index (χ0) is 22.0. The topological polar surface area (TPSA) is 90.0 Å². The van der Waals surface area contributed by atoms with E-state index in [1.165, 1.54) is 0 Å². The molecule has 3 heterocycles. The summed E-state index contributed by atoms with van der Waals surface area (Å²) in [6, 6.07) is 9.79. The Balaban J connectivity index is 1.41. The minimum absolute atomic E-state index is 0.0149. The fourth-order valence-corrected chi connectivity index (χ4v) is 3.95. The van der Waals surface area contributed by atoms with Crippen LogP contribution in [0.15, 0.2) is 41.3 Å². The highest BCUT2D eigenvalue weighted by atomic mass is 16.2. The molecule has 4 rings (SSSR count). The van der Waals surface area contributed by atoms with Gasteiger partial charge in [0.2, 0.25) is 0 Å². The van der Waals surface area contributed by atoms with Crippen molar-refractivity contribution in [3.05, 3.63) is 58.5 Å². The Hall–Kier alpha value is -3.20. The van der Waals surface area contributed by atoms with Crippen molar-refractivity contribution < 1.29 is 4.79 Å². The van der Waals surface area contributed by atoms with Crippen molar-refractivity contribution in [1.29, 1.82) is 0 Å². The van der Waals surface area contributed by atoms with Crippen LogP contribution in [0.5, 0.6) is 0 Å². The van der Waals surface area contributed by atoms with Crippen molar-refractivity contribution in [1.82, 2.24) is 34.1 Å². The molecule has 1 aromatic carbocycles. The number of fused-ring (bicyclic) bond motifs is 1. The van der Waals surface area contributed by atoms with Gasteiger partial charge >= 0.3 is 5.69 Å². The lowest BCUT2D eigenvalue weighted by Gasteiger charge is -2.16. The number of hydrogen-bond donors (Lipinski definition) is 1. The quantitative estimate of drug-likeness (QED) is 0.642. The van der Waals surface area contributed by atoms with Crippen LogP contribution >= 0.6 is 0 Å². The van der Waals surface area contributed by atoms with Gasteiger partial charge in [0.15, 0.2) is 0 Å². The second-order valence-electron chi connectivity index (χ2n) is 8.27. The first-order valence-electron chi connectivity index (χ1n) is 10.6. The fourth-order valence-electron chi connectivity index (χ4n) is 3.95. The van der Waals surface area contributed by atoms with Crippen LogP contribution in [0.4, 0.5) is 0 Å². The van der Waals surface area contributed by atoms with E-state index in [9.17, 15) is 9.59 Å². The number of hydrogen-bond acceptors (Lipinski definition) is 5. The molecular weight excluding hydrogens is 394 g/mol. The van der Waals surface area contributed by atoms with E-state index in [1.54, 1.807) is 15.4 Å². The summed E-state index contributed by atoms with van der Waals surface area (Å²) >= 11 is 0. The van der Waals surface area contributed by atoms with E-state index >= 15 is 0 Å². The lowest BCUT2D eigenvalue weighted by Crippen LogP contribution is -2.36. The monoisotopic (exact) mass is 423 g/mol. The van der Waals surface area contributed by atoms with Crippen molar-refractivity contribution in [3.63, 3.8) is 0 Å². The van der Waals surface area contributed by atoms with Crippen LogP contribution in [0, 0.1) is 0 Å². The molecule has 3 aromatic rings. The maximum Gasteiger partial charge on any atom is 0.345 e. The predicted octanol–water partition coefficient (Wildman–Crippen LogP) is 1.14. The maximum atomic E-state index is 12.9. The Bertz CT molecular complexity index is 1110. The molecule has 164 valence electrons. The first kappa shape index (κ1) is 21.0. The van der Waals surface area contributed by atoms with Crippen molar-refractivity contribution >= 4 is 5.91 Å². The van der Waals surface area contributed by atoms with E-state index in [1.807, 2.05) is 60.9 Å². The number of aromatic nitrogens is 5.